The molecule has 7 heteroatoms. The second-order valence-corrected chi connectivity index (χ2v) is 15.6. The molecular weight excluding hydrogens is 449 g/mol. The summed E-state index contributed by atoms with van der Waals surface area (Å²) in [5, 5.41) is 24.8. The molecule has 4 rings (SSSR count). The van der Waals surface area contributed by atoms with E-state index in [-0.39, 0.29) is 41.5 Å². The minimum atomic E-state index is -3.15. The minimum Gasteiger partial charge on any atom is -0.393 e. The molecular formula is C27H48NO5P. The van der Waals surface area contributed by atoms with Gasteiger partial charge in [-0.15, -0.1) is 0 Å². The summed E-state index contributed by atoms with van der Waals surface area (Å²) >= 11 is 0. The summed E-state index contributed by atoms with van der Waals surface area (Å²) in [6, 6.07) is 0. The molecule has 0 spiro atoms. The molecule has 4 aliphatic carbocycles. The lowest BCUT2D eigenvalue weighted by Gasteiger charge is -2.62. The fourth-order valence-corrected chi connectivity index (χ4v) is 9.82. The van der Waals surface area contributed by atoms with Crippen LogP contribution in [0.5, 0.6) is 0 Å². The highest BCUT2D eigenvalue weighted by Crippen LogP contribution is 2.68. The number of aliphatic hydroxyl groups excluding tert-OH is 2. The number of hydrogen-bond acceptors (Lipinski definition) is 4. The number of carbonyl (C=O) groups is 1. The van der Waals surface area contributed by atoms with Crippen LogP contribution in [0, 0.1) is 46.3 Å². The van der Waals surface area contributed by atoms with E-state index in [2.05, 4.69) is 26.1 Å². The molecule has 4 fully saturated rings. The fraction of sp³-hybridized carbons (Fsp3) is 0.963. The SMILES string of the molecule is C[C@H](CCNC(=O)CCP(C)(=O)O)C1CCC2C3CC[C@@H]4C[C@H](O)CC[C@]4(C)C3C[C@H](O)[C@@]21C. The van der Waals surface area contributed by atoms with Crippen molar-refractivity contribution in [2.45, 2.75) is 97.2 Å². The highest BCUT2D eigenvalue weighted by molar-refractivity contribution is 7.57. The zero-order valence-electron chi connectivity index (χ0n) is 21.7. The summed E-state index contributed by atoms with van der Waals surface area (Å²) < 4.78 is 11.4. The Kier molecular flexibility index (Phi) is 7.68. The average molecular weight is 498 g/mol. The van der Waals surface area contributed by atoms with Crippen LogP contribution >= 0.6 is 7.37 Å². The number of aliphatic hydroxyl groups is 2. The normalized spacial score (nSPS) is 46.5. The average Bonchev–Trinajstić information content (AvgIpc) is 3.12. The molecule has 0 aliphatic heterocycles. The molecule has 0 saturated heterocycles. The molecule has 4 aliphatic rings. The van der Waals surface area contributed by atoms with Gasteiger partial charge in [-0.25, -0.2) is 0 Å². The number of nitrogens with one attached hydrogen (secondary N) is 1. The maximum atomic E-state index is 12.1. The van der Waals surface area contributed by atoms with Crippen LogP contribution in [0.4, 0.5) is 0 Å². The Morgan fingerprint density at radius 1 is 1.09 bits per heavy atom. The standard InChI is InChI=1S/C27H48NO5P/c1-17(10-13-28-25(31)11-14-34(4,32)33)21-7-8-22-20-6-5-18-15-19(29)9-12-26(18,2)23(20)16-24(30)27(21,22)3/h17-24,29-30H,5-16H2,1-4H3,(H,28,31)(H,32,33)/t17-,18-,19-,20?,21?,22?,23?,24+,26+,27-/m1/s1. The van der Waals surface area contributed by atoms with Gasteiger partial charge >= 0.3 is 0 Å². The molecule has 0 radical (unpaired) electrons. The summed E-state index contributed by atoms with van der Waals surface area (Å²) in [4.78, 5) is 21.5. The number of carbonyl (C=O) groups excluding carboxylic acids is 1. The van der Waals surface area contributed by atoms with E-state index in [1.165, 1.54) is 25.9 Å². The van der Waals surface area contributed by atoms with Crippen molar-refractivity contribution in [2.24, 2.45) is 46.3 Å². The van der Waals surface area contributed by atoms with E-state index in [4.69, 9.17) is 0 Å². The molecule has 0 aromatic heterocycles. The van der Waals surface area contributed by atoms with E-state index < -0.39 is 7.37 Å². The van der Waals surface area contributed by atoms with Gasteiger partial charge in [-0.3, -0.25) is 9.36 Å². The summed E-state index contributed by atoms with van der Waals surface area (Å²) in [5.74, 6) is 3.14. The Hall–Kier alpha value is -0.420. The predicted octanol–water partition coefficient (Wildman–Crippen LogP) is 4.41. The van der Waals surface area contributed by atoms with Gasteiger partial charge in [-0.2, -0.15) is 0 Å². The number of fused-ring (bicyclic) bond motifs is 5. The lowest BCUT2D eigenvalue weighted by molar-refractivity contribution is -0.174. The Labute approximate surface area is 206 Å². The third-order valence-electron chi connectivity index (χ3n) is 11.2. The predicted molar refractivity (Wildman–Crippen MR) is 135 cm³/mol. The van der Waals surface area contributed by atoms with Gasteiger partial charge in [-0.05, 0) is 104 Å². The minimum absolute atomic E-state index is 0.0320. The molecule has 11 atom stereocenters. The van der Waals surface area contributed by atoms with E-state index in [9.17, 15) is 24.5 Å². The van der Waals surface area contributed by atoms with Crippen molar-refractivity contribution in [1.82, 2.24) is 5.32 Å². The fourth-order valence-electron chi connectivity index (χ4n) is 9.20. The molecule has 196 valence electrons. The highest BCUT2D eigenvalue weighted by Gasteiger charge is 2.63. The lowest BCUT2D eigenvalue weighted by Crippen LogP contribution is -2.58. The zero-order valence-corrected chi connectivity index (χ0v) is 22.6. The molecule has 5 unspecified atom stereocenters. The van der Waals surface area contributed by atoms with Crippen LogP contribution in [0.15, 0.2) is 0 Å². The van der Waals surface area contributed by atoms with Crippen molar-refractivity contribution < 1.29 is 24.5 Å². The maximum Gasteiger partial charge on any atom is 0.220 e. The second kappa shape index (κ2) is 9.80. The van der Waals surface area contributed by atoms with Crippen LogP contribution in [-0.4, -0.2) is 52.6 Å². The van der Waals surface area contributed by atoms with E-state index in [0.29, 0.717) is 42.1 Å². The smallest absolute Gasteiger partial charge is 0.220 e. The van der Waals surface area contributed by atoms with Gasteiger partial charge < -0.3 is 20.4 Å². The number of amides is 1. The van der Waals surface area contributed by atoms with E-state index >= 15 is 0 Å². The quantitative estimate of drug-likeness (QED) is 0.390. The number of rotatable bonds is 7. The second-order valence-electron chi connectivity index (χ2n) is 13.0. The molecule has 34 heavy (non-hydrogen) atoms. The largest absolute Gasteiger partial charge is 0.393 e. The molecule has 0 aromatic rings. The van der Waals surface area contributed by atoms with Gasteiger partial charge in [0.1, 0.15) is 0 Å². The Balaban J connectivity index is 1.38. The van der Waals surface area contributed by atoms with Crippen LogP contribution in [0.3, 0.4) is 0 Å². The highest BCUT2D eigenvalue weighted by atomic mass is 31.2. The van der Waals surface area contributed by atoms with Crippen LogP contribution in [-0.2, 0) is 9.36 Å². The monoisotopic (exact) mass is 497 g/mol. The summed E-state index contributed by atoms with van der Waals surface area (Å²) in [7, 11) is -3.15. The van der Waals surface area contributed by atoms with Gasteiger partial charge in [0.15, 0.2) is 7.37 Å². The Morgan fingerprint density at radius 2 is 1.82 bits per heavy atom. The van der Waals surface area contributed by atoms with Crippen LogP contribution < -0.4 is 5.32 Å². The maximum absolute atomic E-state index is 12.1. The van der Waals surface area contributed by atoms with Crippen molar-refractivity contribution in [2.75, 3.05) is 19.4 Å². The van der Waals surface area contributed by atoms with Gasteiger partial charge in [0.25, 0.3) is 0 Å². The van der Waals surface area contributed by atoms with Gasteiger partial charge in [0.2, 0.25) is 5.91 Å². The molecule has 6 nitrogen and oxygen atoms in total. The first kappa shape index (κ1) is 26.6. The van der Waals surface area contributed by atoms with Gasteiger partial charge in [0, 0.05) is 25.8 Å². The molecule has 0 aromatic carbocycles. The Morgan fingerprint density at radius 3 is 2.53 bits per heavy atom. The first-order chi connectivity index (χ1) is 15.9. The third-order valence-corrected chi connectivity index (χ3v) is 12.2. The first-order valence-corrected chi connectivity index (χ1v) is 16.1. The summed E-state index contributed by atoms with van der Waals surface area (Å²) in [6.07, 6.45) is 9.25. The van der Waals surface area contributed by atoms with E-state index in [0.717, 1.165) is 38.5 Å². The van der Waals surface area contributed by atoms with Crippen molar-refractivity contribution in [1.29, 1.82) is 0 Å². The topological polar surface area (TPSA) is 107 Å². The van der Waals surface area contributed by atoms with Crippen molar-refractivity contribution in [3.05, 3.63) is 0 Å². The van der Waals surface area contributed by atoms with Gasteiger partial charge in [0.05, 0.1) is 12.2 Å². The summed E-state index contributed by atoms with van der Waals surface area (Å²) in [5.41, 5.74) is 0.198. The van der Waals surface area contributed by atoms with Gasteiger partial charge in [-0.1, -0.05) is 20.8 Å². The third kappa shape index (κ3) is 4.91. The molecule has 0 bridgehead atoms. The first-order valence-electron chi connectivity index (χ1n) is 13.8. The van der Waals surface area contributed by atoms with Crippen molar-refractivity contribution >= 4 is 13.3 Å². The molecule has 0 heterocycles. The van der Waals surface area contributed by atoms with Crippen molar-refractivity contribution in [3.8, 4) is 0 Å². The van der Waals surface area contributed by atoms with E-state index in [1.807, 2.05) is 0 Å². The Bertz CT molecular complexity index is 800. The molecule has 4 saturated carbocycles. The van der Waals surface area contributed by atoms with Crippen LogP contribution in [0.25, 0.3) is 0 Å². The number of hydrogen-bond donors (Lipinski definition) is 4. The summed E-state index contributed by atoms with van der Waals surface area (Å²) in [6.45, 7) is 8.97. The van der Waals surface area contributed by atoms with Crippen LogP contribution in [0.2, 0.25) is 0 Å². The van der Waals surface area contributed by atoms with E-state index in [1.54, 1.807) is 0 Å². The zero-order chi connectivity index (χ0) is 24.9. The molecule has 4 N–H and O–H groups in total. The van der Waals surface area contributed by atoms with Crippen molar-refractivity contribution in [3.63, 3.8) is 0 Å². The molecule has 1 amide bonds. The van der Waals surface area contributed by atoms with Crippen LogP contribution in [0.1, 0.15) is 85.0 Å². The lowest BCUT2D eigenvalue weighted by atomic mass is 9.43.